The van der Waals surface area contributed by atoms with E-state index in [1.807, 2.05) is 21.1 Å². The second-order valence-electron chi connectivity index (χ2n) is 27.7. The molecule has 0 radical (unpaired) electrons. The lowest BCUT2D eigenvalue weighted by atomic mass is 10.0. The number of carbonyl (C=O) groups is 3. The van der Waals surface area contributed by atoms with Gasteiger partial charge in [-0.05, 0) is 51.4 Å². The lowest BCUT2D eigenvalue weighted by Crippen LogP contribution is -2.40. The van der Waals surface area contributed by atoms with E-state index in [9.17, 15) is 19.5 Å². The highest BCUT2D eigenvalue weighted by atomic mass is 16.7. The lowest BCUT2D eigenvalue weighted by molar-refractivity contribution is -0.870. The minimum atomic E-state index is -1.51. The molecule has 2 unspecified atom stereocenters. The molecule has 0 bridgehead atoms. The summed E-state index contributed by atoms with van der Waals surface area (Å²) in [4.78, 5) is 37.7. The van der Waals surface area contributed by atoms with Crippen molar-refractivity contribution in [3.63, 3.8) is 0 Å². The molecule has 0 aromatic carbocycles. The van der Waals surface area contributed by atoms with Gasteiger partial charge in [0, 0.05) is 12.8 Å². The Hall–Kier alpha value is -2.75. The molecule has 0 aromatic heterocycles. The van der Waals surface area contributed by atoms with E-state index in [1.54, 1.807) is 0 Å². The molecule has 9 nitrogen and oxygen atoms in total. The third-order valence-electron chi connectivity index (χ3n) is 17.6. The molecule has 0 saturated heterocycles. The molecule has 0 aliphatic heterocycles. The van der Waals surface area contributed by atoms with Crippen molar-refractivity contribution in [3.05, 3.63) is 48.6 Å². The number of quaternary nitrogens is 1. The van der Waals surface area contributed by atoms with Crippen molar-refractivity contribution in [1.82, 2.24) is 0 Å². The van der Waals surface area contributed by atoms with E-state index in [0.717, 1.165) is 64.2 Å². The van der Waals surface area contributed by atoms with Crippen LogP contribution in [0.4, 0.5) is 0 Å². The van der Waals surface area contributed by atoms with Crippen molar-refractivity contribution in [3.8, 4) is 0 Å². The highest BCUT2D eigenvalue weighted by Crippen LogP contribution is 2.20. The zero-order valence-electron chi connectivity index (χ0n) is 59.9. The number of hydrogen-bond donors (Lipinski definition) is 1. The maximum atomic E-state index is 13.0. The zero-order chi connectivity index (χ0) is 64.7. The van der Waals surface area contributed by atoms with Crippen molar-refractivity contribution in [2.24, 2.45) is 0 Å². The summed E-state index contributed by atoms with van der Waals surface area (Å²) in [5.41, 5.74) is 0. The molecule has 89 heavy (non-hydrogen) atoms. The maximum absolute atomic E-state index is 13.0. The van der Waals surface area contributed by atoms with Gasteiger partial charge in [-0.1, -0.05) is 371 Å². The third kappa shape index (κ3) is 72.5. The molecule has 0 aliphatic carbocycles. The van der Waals surface area contributed by atoms with Gasteiger partial charge in [0.1, 0.15) is 13.2 Å². The average molecular weight is 1250 g/mol. The second kappa shape index (κ2) is 71.1. The number of ether oxygens (including phenoxy) is 4. The number of likely N-dealkylation sites (N-methyl/N-ethyl adjacent to an activating group) is 1. The fourth-order valence-electron chi connectivity index (χ4n) is 11.7. The molecule has 0 spiro atoms. The second-order valence-corrected chi connectivity index (χ2v) is 27.7. The molecular weight excluding hydrogens is 1100 g/mol. The van der Waals surface area contributed by atoms with Gasteiger partial charge in [-0.15, -0.1) is 0 Å². The summed E-state index contributed by atoms with van der Waals surface area (Å²) in [5.74, 6) is -1.97. The van der Waals surface area contributed by atoms with E-state index in [-0.39, 0.29) is 38.2 Å². The van der Waals surface area contributed by atoms with Gasteiger partial charge < -0.3 is 28.5 Å². The first-order chi connectivity index (χ1) is 43.6. The normalized spacial score (nSPS) is 12.9. The molecule has 0 saturated carbocycles. The molecule has 0 fully saturated rings. The summed E-state index contributed by atoms with van der Waals surface area (Å²) in [6.45, 7) is 4.84. The Morgan fingerprint density at radius 3 is 0.955 bits per heavy atom. The number of carboxylic acids is 1. The molecule has 0 aromatic rings. The van der Waals surface area contributed by atoms with Crippen molar-refractivity contribution in [2.45, 2.75) is 399 Å². The first-order valence-electron chi connectivity index (χ1n) is 38.8. The number of esters is 2. The maximum Gasteiger partial charge on any atom is 0.361 e. The van der Waals surface area contributed by atoms with Gasteiger partial charge in [0.05, 0.1) is 34.4 Å². The summed E-state index contributed by atoms with van der Waals surface area (Å²) in [6, 6.07) is 0. The highest BCUT2D eigenvalue weighted by Gasteiger charge is 2.25. The van der Waals surface area contributed by atoms with E-state index in [2.05, 4.69) is 62.5 Å². The number of allylic oxidation sites excluding steroid dienone is 8. The van der Waals surface area contributed by atoms with Gasteiger partial charge in [-0.2, -0.15) is 0 Å². The SMILES string of the molecule is CC/C=C\C/C=C\C/C=C\C/C=C\CCCCCCCCCCCCCCCCCCCCCCCCCCC(=O)OC(COC(=O)CCCCCCCCCCCCCCCCCCCCCCCCCCCCC)COC(OCC[N+](C)(C)C)C(=O)O. The van der Waals surface area contributed by atoms with Crippen LogP contribution in [0, 0.1) is 0 Å². The summed E-state index contributed by atoms with van der Waals surface area (Å²) in [5, 5.41) is 9.77. The molecule has 522 valence electrons. The minimum Gasteiger partial charge on any atom is -0.477 e. The summed E-state index contributed by atoms with van der Waals surface area (Å²) in [7, 11) is 6.00. The minimum absolute atomic E-state index is 0.175. The van der Waals surface area contributed by atoms with Crippen LogP contribution < -0.4 is 0 Å². The Labute approximate surface area is 553 Å². The van der Waals surface area contributed by atoms with Crippen molar-refractivity contribution < 1.29 is 42.9 Å². The average Bonchev–Trinajstić information content (AvgIpc) is 3.70. The lowest BCUT2D eigenvalue weighted by Gasteiger charge is -2.25. The predicted octanol–water partition coefficient (Wildman–Crippen LogP) is 24.5. The number of hydrogen-bond acceptors (Lipinski definition) is 7. The molecule has 0 heterocycles. The van der Waals surface area contributed by atoms with Gasteiger partial charge in [-0.25, -0.2) is 4.79 Å². The molecule has 0 rings (SSSR count). The van der Waals surface area contributed by atoms with Crippen LogP contribution >= 0.6 is 0 Å². The van der Waals surface area contributed by atoms with E-state index in [0.29, 0.717) is 17.4 Å². The highest BCUT2D eigenvalue weighted by molar-refractivity contribution is 5.71. The molecule has 2 atom stereocenters. The summed E-state index contributed by atoms with van der Waals surface area (Å²) < 4.78 is 23.1. The van der Waals surface area contributed by atoms with Gasteiger partial charge >= 0.3 is 17.9 Å². The van der Waals surface area contributed by atoms with Crippen LogP contribution in [0.15, 0.2) is 48.6 Å². The third-order valence-corrected chi connectivity index (χ3v) is 17.6. The molecule has 1 N–H and O–H groups in total. The van der Waals surface area contributed by atoms with Gasteiger partial charge in [0.2, 0.25) is 0 Å². The van der Waals surface area contributed by atoms with Crippen molar-refractivity contribution >= 4 is 17.9 Å². The zero-order valence-corrected chi connectivity index (χ0v) is 59.9. The Morgan fingerprint density at radius 2 is 0.640 bits per heavy atom. The Morgan fingerprint density at radius 1 is 0.348 bits per heavy atom. The van der Waals surface area contributed by atoms with E-state index >= 15 is 0 Å². The smallest absolute Gasteiger partial charge is 0.361 e. The van der Waals surface area contributed by atoms with E-state index < -0.39 is 18.4 Å². The fourth-order valence-corrected chi connectivity index (χ4v) is 11.7. The predicted molar refractivity (Wildman–Crippen MR) is 383 cm³/mol. The summed E-state index contributed by atoms with van der Waals surface area (Å²) >= 11 is 0. The number of carbonyl (C=O) groups excluding carboxylic acids is 2. The fraction of sp³-hybridized carbons (Fsp3) is 0.863. The number of rotatable bonds is 73. The van der Waals surface area contributed by atoms with Gasteiger partial charge in [-0.3, -0.25) is 9.59 Å². The first kappa shape index (κ1) is 86.2. The number of nitrogens with zero attached hydrogens (tertiary/aromatic N) is 1. The molecule has 0 amide bonds. The Bertz CT molecular complexity index is 1600. The van der Waals surface area contributed by atoms with Crippen LogP contribution in [-0.2, 0) is 33.3 Å². The van der Waals surface area contributed by atoms with Crippen molar-refractivity contribution in [2.75, 3.05) is 47.5 Å². The number of aliphatic carboxylic acids is 1. The molecule has 9 heteroatoms. The van der Waals surface area contributed by atoms with E-state index in [1.165, 1.54) is 295 Å². The van der Waals surface area contributed by atoms with Gasteiger partial charge in [0.25, 0.3) is 6.29 Å². The largest absolute Gasteiger partial charge is 0.477 e. The standard InChI is InChI=1S/C80H149NO8/c1-6-8-10-12-14-16-18-20-22-24-26-28-30-32-34-35-36-37-38-39-40-41-42-43-45-47-49-51-53-55-57-59-61-63-65-67-69-71-78(83)89-76(75-88-80(79(84)85)86-73-72-81(3,4)5)74-87-77(82)70-68-66-64-62-60-58-56-54-52-50-48-46-44-33-31-29-27-25-23-21-19-17-15-13-11-9-7-2/h8,10,14,16,20,22,26,28,76,80H,6-7,9,11-13,15,17-19,21,23-25,27,29-75H2,1-5H3/p+1/b10-8-,16-14-,22-20-,28-26-. The Balaban J connectivity index is 3.97. The number of unbranched alkanes of at least 4 members (excludes halogenated alkanes) is 50. The van der Waals surface area contributed by atoms with E-state index in [4.69, 9.17) is 18.9 Å². The van der Waals surface area contributed by atoms with Crippen LogP contribution in [0.2, 0.25) is 0 Å². The van der Waals surface area contributed by atoms with Crippen LogP contribution in [0.5, 0.6) is 0 Å². The van der Waals surface area contributed by atoms with Gasteiger partial charge in [0.15, 0.2) is 6.10 Å². The van der Waals surface area contributed by atoms with Crippen LogP contribution in [0.1, 0.15) is 386 Å². The summed E-state index contributed by atoms with van der Waals surface area (Å²) in [6.07, 6.45) is 89.8. The molecular formula is C80H150NO8+. The quantitative estimate of drug-likeness (QED) is 0.0211. The van der Waals surface area contributed by atoms with Crippen LogP contribution in [0.25, 0.3) is 0 Å². The number of carboxylic acid groups (broad SMARTS) is 1. The molecule has 0 aliphatic rings. The first-order valence-corrected chi connectivity index (χ1v) is 38.8. The topological polar surface area (TPSA) is 108 Å². The monoisotopic (exact) mass is 1250 g/mol. The van der Waals surface area contributed by atoms with Crippen molar-refractivity contribution in [1.29, 1.82) is 0 Å². The van der Waals surface area contributed by atoms with Crippen LogP contribution in [-0.4, -0.2) is 87.4 Å². The Kier molecular flexibility index (Phi) is 68.9. The van der Waals surface area contributed by atoms with Crippen LogP contribution in [0.3, 0.4) is 0 Å².